The molecule has 0 aliphatic carbocycles. The molecule has 0 nitrogen and oxygen atoms in total. The lowest BCUT2D eigenvalue weighted by atomic mass is 9.71. The average Bonchev–Trinajstić information content (AvgIpc) is 3.56. The molecule has 196 valence electrons. The van der Waals surface area contributed by atoms with Crippen molar-refractivity contribution in [3.63, 3.8) is 0 Å². The first kappa shape index (κ1) is 25.7. The Balaban J connectivity index is 1.65. The number of hydrogen-bond acceptors (Lipinski definition) is 0. The molecule has 1 saturated heterocycles. The van der Waals surface area contributed by atoms with Crippen molar-refractivity contribution in [3.05, 3.63) is 179 Å². The van der Waals surface area contributed by atoms with Crippen molar-refractivity contribution >= 4 is 26.1 Å². The summed E-state index contributed by atoms with van der Waals surface area (Å²) in [4.78, 5) is 0. The predicted octanol–water partition coefficient (Wildman–Crippen LogP) is 11.1. The second-order valence-electron chi connectivity index (χ2n) is 10.8. The van der Waals surface area contributed by atoms with Gasteiger partial charge >= 0.3 is 0 Å². The molecule has 2 aliphatic rings. The maximum Gasteiger partial charge on any atom is 0.0648 e. The van der Waals surface area contributed by atoms with Gasteiger partial charge < -0.3 is 0 Å². The molecule has 2 aliphatic heterocycles. The van der Waals surface area contributed by atoms with Crippen molar-refractivity contribution < 1.29 is 0 Å². The van der Waals surface area contributed by atoms with Crippen LogP contribution in [0.2, 0.25) is 0 Å². The highest BCUT2D eigenvalue weighted by Crippen LogP contribution is 3.13. The summed E-state index contributed by atoms with van der Waals surface area (Å²) in [7, 11) is -0.873. The molecular weight excluding hydrogens is 518 g/mol. The van der Waals surface area contributed by atoms with Crippen molar-refractivity contribution in [2.45, 2.75) is 30.1 Å². The van der Waals surface area contributed by atoms with E-state index in [1.54, 1.807) is 10.9 Å². The molecule has 0 saturated carbocycles. The Labute approximate surface area is 241 Å². The van der Waals surface area contributed by atoms with Crippen LogP contribution in [0.3, 0.4) is 0 Å². The Hall–Kier alpha value is -3.30. The molecule has 3 atom stereocenters. The number of hydrogen-bond donors (Lipinski definition) is 0. The smallest absolute Gasteiger partial charge is 0.0648 e. The second-order valence-corrected chi connectivity index (χ2v) is 17.1. The van der Waals surface area contributed by atoms with Gasteiger partial charge in [-0.1, -0.05) is 165 Å². The molecule has 0 amide bonds. The summed E-state index contributed by atoms with van der Waals surface area (Å²) < 4.78 is 0. The van der Waals surface area contributed by atoms with Crippen LogP contribution in [-0.4, -0.2) is 6.16 Å². The van der Waals surface area contributed by atoms with Crippen LogP contribution < -0.4 is 0 Å². The third-order valence-electron chi connectivity index (χ3n) is 8.62. The molecule has 0 radical (unpaired) electrons. The fourth-order valence-electron chi connectivity index (χ4n) is 7.10. The van der Waals surface area contributed by atoms with E-state index in [1.165, 1.54) is 46.8 Å². The first-order valence-electron chi connectivity index (χ1n) is 14.4. The summed E-state index contributed by atoms with van der Waals surface area (Å²) in [5.41, 5.74) is 8.80. The molecule has 0 N–H and O–H groups in total. The Morgan fingerprint density at radius 3 is 1.32 bits per heavy atom. The van der Waals surface area contributed by atoms with E-state index in [-0.39, 0.29) is 10.3 Å². The van der Waals surface area contributed by atoms with Crippen molar-refractivity contribution in [3.8, 4) is 0 Å². The van der Waals surface area contributed by atoms with Crippen LogP contribution in [0.25, 0.3) is 10.9 Å². The highest BCUT2D eigenvalue weighted by atomic mass is 32.1. The fraction of sp³-hybridized carbons (Fsp3) is 0.158. The van der Waals surface area contributed by atoms with Gasteiger partial charge in [0.15, 0.2) is 0 Å². The van der Waals surface area contributed by atoms with E-state index < -0.39 is 15.2 Å². The topological polar surface area (TPSA) is 0 Å². The second kappa shape index (κ2) is 10.6. The van der Waals surface area contributed by atoms with Crippen molar-refractivity contribution in [1.82, 2.24) is 0 Å². The summed E-state index contributed by atoms with van der Waals surface area (Å²) in [5.74, 6) is 0. The first-order valence-corrected chi connectivity index (χ1v) is 18.0. The zero-order chi connectivity index (χ0) is 27.0. The number of fused-ring (bicyclic) bond motifs is 1. The normalized spacial score (nSPS) is 22.6. The monoisotopic (exact) mass is 552 g/mol. The number of allylic oxidation sites excluding steroid dienone is 1. The van der Waals surface area contributed by atoms with Crippen LogP contribution >= 0.6 is 15.2 Å². The standard InChI is InChI=1S/C38H34P2/c1-2-3-29-39-36(31-21-11-5-12-22-31)35(30-19-9-4-10-20-30)38(34-27-17-8-18-28-34)37(40(38)39,32-23-13-6-14-24-32)33-25-15-7-16-26-33/h4-28H,2-3,29H2,1H3. The van der Waals surface area contributed by atoms with Gasteiger partial charge in [0.25, 0.3) is 0 Å². The van der Waals surface area contributed by atoms with Gasteiger partial charge in [-0.05, 0) is 66.5 Å². The summed E-state index contributed by atoms with van der Waals surface area (Å²) in [5, 5.41) is 1.50. The zero-order valence-electron chi connectivity index (χ0n) is 22.9. The molecule has 5 aromatic carbocycles. The van der Waals surface area contributed by atoms with Gasteiger partial charge in [-0.25, -0.2) is 0 Å². The lowest BCUT2D eigenvalue weighted by molar-refractivity contribution is 0.726. The van der Waals surface area contributed by atoms with Crippen molar-refractivity contribution in [2.75, 3.05) is 6.16 Å². The van der Waals surface area contributed by atoms with E-state index in [0.717, 1.165) is 0 Å². The van der Waals surface area contributed by atoms with Crippen LogP contribution in [0.15, 0.2) is 152 Å². The number of unbranched alkanes of at least 4 members (excludes halogenated alkanes) is 1. The molecular formula is C38H34P2. The van der Waals surface area contributed by atoms with E-state index in [0.29, 0.717) is 0 Å². The van der Waals surface area contributed by atoms with Crippen molar-refractivity contribution in [2.24, 2.45) is 0 Å². The molecule has 0 bridgehead atoms. The van der Waals surface area contributed by atoms with Gasteiger partial charge in [0.05, 0.1) is 10.3 Å². The van der Waals surface area contributed by atoms with Gasteiger partial charge in [-0.2, -0.15) is 0 Å². The predicted molar refractivity (Wildman–Crippen MR) is 175 cm³/mol. The molecule has 2 heterocycles. The van der Waals surface area contributed by atoms with Gasteiger partial charge in [0.1, 0.15) is 0 Å². The Morgan fingerprint density at radius 2 is 0.875 bits per heavy atom. The van der Waals surface area contributed by atoms with Gasteiger partial charge in [0, 0.05) is 0 Å². The average molecular weight is 553 g/mol. The fourth-order valence-corrected chi connectivity index (χ4v) is 19.9. The highest BCUT2D eigenvalue weighted by Gasteiger charge is 2.84. The minimum Gasteiger partial charge on any atom is -0.0654 e. The minimum absolute atomic E-state index is 0.0604. The number of rotatable bonds is 8. The van der Waals surface area contributed by atoms with Crippen LogP contribution in [0, 0.1) is 0 Å². The summed E-state index contributed by atoms with van der Waals surface area (Å²) in [6.45, 7) is 2.35. The maximum atomic E-state index is 2.42. The van der Waals surface area contributed by atoms with Gasteiger partial charge in [-0.15, -0.1) is 0 Å². The molecule has 0 aromatic heterocycles. The van der Waals surface area contributed by atoms with E-state index in [2.05, 4.69) is 159 Å². The molecule has 3 unspecified atom stereocenters. The van der Waals surface area contributed by atoms with Gasteiger partial charge in [0.2, 0.25) is 0 Å². The molecule has 0 spiro atoms. The third kappa shape index (κ3) is 3.66. The largest absolute Gasteiger partial charge is 0.0654 e. The number of benzene rings is 5. The van der Waals surface area contributed by atoms with E-state index in [4.69, 9.17) is 0 Å². The van der Waals surface area contributed by atoms with Crippen LogP contribution in [0.1, 0.15) is 47.6 Å². The van der Waals surface area contributed by atoms with E-state index in [1.807, 2.05) is 0 Å². The highest BCUT2D eigenvalue weighted by molar-refractivity contribution is 8.39. The van der Waals surface area contributed by atoms with E-state index >= 15 is 0 Å². The summed E-state index contributed by atoms with van der Waals surface area (Å²) >= 11 is 0. The Kier molecular flexibility index (Phi) is 6.79. The lowest BCUT2D eigenvalue weighted by Gasteiger charge is -2.33. The van der Waals surface area contributed by atoms with Crippen molar-refractivity contribution in [1.29, 1.82) is 0 Å². The van der Waals surface area contributed by atoms with Crippen LogP contribution in [0.5, 0.6) is 0 Å². The molecule has 40 heavy (non-hydrogen) atoms. The Morgan fingerprint density at radius 1 is 0.475 bits per heavy atom. The Bertz CT molecular complexity index is 1570. The molecule has 7 rings (SSSR count). The molecule has 5 aromatic rings. The maximum absolute atomic E-state index is 2.42. The molecule has 2 heteroatoms. The quantitative estimate of drug-likeness (QED) is 0.168. The zero-order valence-corrected chi connectivity index (χ0v) is 24.7. The third-order valence-corrected chi connectivity index (χ3v) is 18.0. The summed E-state index contributed by atoms with van der Waals surface area (Å²) in [6, 6.07) is 57.3. The van der Waals surface area contributed by atoms with Crippen LogP contribution in [0.4, 0.5) is 0 Å². The van der Waals surface area contributed by atoms with Gasteiger partial charge in [-0.3, -0.25) is 0 Å². The lowest BCUT2D eigenvalue weighted by Crippen LogP contribution is -2.26. The van der Waals surface area contributed by atoms with E-state index in [9.17, 15) is 0 Å². The molecule has 1 fully saturated rings. The first-order chi connectivity index (χ1) is 19.8. The van der Waals surface area contributed by atoms with Crippen LogP contribution in [-0.2, 0) is 10.3 Å². The minimum atomic E-state index is -0.469. The summed E-state index contributed by atoms with van der Waals surface area (Å²) in [6.07, 6.45) is 3.79. The SMILES string of the molecule is CCCCP1C(c2ccccc2)=C(c2ccccc2)C2(c3ccccc3)P1C2(c1ccccc1)c1ccccc1.